The van der Waals surface area contributed by atoms with Crippen LogP contribution in [-0.4, -0.2) is 8.07 Å². The summed E-state index contributed by atoms with van der Waals surface area (Å²) in [7, 11) is -2.01. The molecule has 0 N–H and O–H groups in total. The van der Waals surface area contributed by atoms with Crippen LogP contribution in [0.5, 0.6) is 0 Å². The predicted octanol–water partition coefficient (Wildman–Crippen LogP) is 6.04. The summed E-state index contributed by atoms with van der Waals surface area (Å²) < 4.78 is 0. The fourth-order valence-corrected chi connectivity index (χ4v) is 9.04. The van der Waals surface area contributed by atoms with Crippen LogP contribution in [0.4, 0.5) is 0 Å². The Labute approximate surface area is 154 Å². The maximum Gasteiger partial charge on any atom is 0.0790 e. The Morgan fingerprint density at radius 1 is 0.640 bits per heavy atom. The summed E-state index contributed by atoms with van der Waals surface area (Å²) in [6.07, 6.45) is 2.46. The molecule has 0 aliphatic heterocycles. The number of rotatable bonds is 5. The van der Waals surface area contributed by atoms with Crippen molar-refractivity contribution in [3.63, 3.8) is 0 Å². The van der Waals surface area contributed by atoms with Gasteiger partial charge in [-0.3, -0.25) is 0 Å². The van der Waals surface area contributed by atoms with Crippen molar-refractivity contribution in [2.24, 2.45) is 0 Å². The van der Waals surface area contributed by atoms with Gasteiger partial charge in [0.05, 0.1) is 8.07 Å². The molecule has 3 aromatic carbocycles. The van der Waals surface area contributed by atoms with Gasteiger partial charge in [0.1, 0.15) is 0 Å². The van der Waals surface area contributed by atoms with Gasteiger partial charge in [-0.05, 0) is 29.0 Å². The smallest absolute Gasteiger partial charge is 0.0656 e. The third kappa shape index (κ3) is 4.57. The molecule has 0 saturated carbocycles. The minimum atomic E-state index is -1.51. The van der Waals surface area contributed by atoms with Gasteiger partial charge in [-0.2, -0.15) is 0 Å². The molecule has 2 heteroatoms. The lowest BCUT2D eigenvalue weighted by atomic mass is 10.2. The molecule has 0 aromatic heterocycles. The summed E-state index contributed by atoms with van der Waals surface area (Å²) in [5, 5.41) is 2.88. The van der Waals surface area contributed by atoms with Crippen molar-refractivity contribution in [3.8, 4) is 0 Å². The number of hydrogen-bond acceptors (Lipinski definition) is 0. The average Bonchev–Trinajstić information content (AvgIpc) is 2.63. The normalized spacial score (nSPS) is 12.4. The lowest BCUT2D eigenvalue weighted by molar-refractivity contribution is 1.65. The van der Waals surface area contributed by atoms with E-state index in [1.54, 1.807) is 4.94 Å². The standard InChI is InChI=1S/C23H25PSi/c1-25(2,3)23(19-20-13-7-4-8-14-20)24(21-15-9-5-10-16-21)22-17-11-6-12-18-22/h4-19H,1-3H3/b23-19+. The Morgan fingerprint density at radius 2 is 1.04 bits per heavy atom. The molecule has 0 heterocycles. The quantitative estimate of drug-likeness (QED) is 0.384. The molecule has 0 saturated heterocycles. The molecule has 0 nitrogen and oxygen atoms in total. The van der Waals surface area contributed by atoms with E-state index in [4.69, 9.17) is 0 Å². The monoisotopic (exact) mass is 360 g/mol. The zero-order chi connectivity index (χ0) is 17.7. The minimum absolute atomic E-state index is 0.503. The van der Waals surface area contributed by atoms with Gasteiger partial charge in [-0.25, -0.2) is 0 Å². The Kier molecular flexibility index (Phi) is 5.68. The van der Waals surface area contributed by atoms with Gasteiger partial charge in [0.2, 0.25) is 0 Å². The highest BCUT2D eigenvalue weighted by molar-refractivity contribution is 7.79. The summed E-state index contributed by atoms with van der Waals surface area (Å²) in [5.74, 6) is 0. The topological polar surface area (TPSA) is 0 Å². The molecule has 0 aliphatic rings. The van der Waals surface area contributed by atoms with E-state index in [9.17, 15) is 0 Å². The van der Waals surface area contributed by atoms with E-state index in [0.29, 0.717) is 0 Å². The Hall–Kier alpha value is -1.95. The molecule has 0 fully saturated rings. The van der Waals surface area contributed by atoms with Gasteiger partial charge in [-0.15, -0.1) is 0 Å². The zero-order valence-corrected chi connectivity index (χ0v) is 17.1. The summed E-state index contributed by atoms with van der Waals surface area (Å²) in [5.41, 5.74) is 1.30. The average molecular weight is 361 g/mol. The molecule has 0 atom stereocenters. The van der Waals surface area contributed by atoms with Crippen molar-refractivity contribution in [2.45, 2.75) is 19.6 Å². The van der Waals surface area contributed by atoms with Gasteiger partial charge in [0, 0.05) is 0 Å². The first-order valence-electron chi connectivity index (χ1n) is 8.73. The van der Waals surface area contributed by atoms with E-state index in [1.165, 1.54) is 16.2 Å². The van der Waals surface area contributed by atoms with Crippen molar-refractivity contribution in [2.75, 3.05) is 0 Å². The van der Waals surface area contributed by atoms with E-state index in [-0.39, 0.29) is 0 Å². The molecule has 0 unspecified atom stereocenters. The summed E-state index contributed by atoms with van der Waals surface area (Å²) >= 11 is 0. The predicted molar refractivity (Wildman–Crippen MR) is 117 cm³/mol. The first kappa shape index (κ1) is 17.9. The van der Waals surface area contributed by atoms with Crippen LogP contribution in [0.25, 0.3) is 6.08 Å². The molecular formula is C23H25PSi. The van der Waals surface area contributed by atoms with Gasteiger partial charge >= 0.3 is 0 Å². The third-order valence-electron chi connectivity index (χ3n) is 4.14. The Morgan fingerprint density at radius 3 is 1.44 bits per heavy atom. The molecule has 3 aromatic rings. The van der Waals surface area contributed by atoms with Crippen LogP contribution in [0.3, 0.4) is 0 Å². The zero-order valence-electron chi connectivity index (χ0n) is 15.2. The van der Waals surface area contributed by atoms with E-state index >= 15 is 0 Å². The molecule has 0 amide bonds. The molecule has 0 radical (unpaired) electrons. The van der Waals surface area contributed by atoms with Crippen molar-refractivity contribution in [3.05, 3.63) is 101 Å². The molecule has 0 spiro atoms. The van der Waals surface area contributed by atoms with E-state index < -0.39 is 16.0 Å². The highest BCUT2D eigenvalue weighted by Gasteiger charge is 2.29. The van der Waals surface area contributed by atoms with Crippen molar-refractivity contribution < 1.29 is 0 Å². The van der Waals surface area contributed by atoms with Crippen LogP contribution in [-0.2, 0) is 0 Å². The van der Waals surface area contributed by atoms with E-state index in [2.05, 4.69) is 117 Å². The van der Waals surface area contributed by atoms with Crippen LogP contribution in [0.15, 0.2) is 95.9 Å². The van der Waals surface area contributed by atoms with Crippen LogP contribution >= 0.6 is 7.92 Å². The summed E-state index contributed by atoms with van der Waals surface area (Å²) in [6, 6.07) is 32.8. The lowest BCUT2D eigenvalue weighted by Gasteiger charge is -2.30. The molecular weight excluding hydrogens is 335 g/mol. The number of benzene rings is 3. The van der Waals surface area contributed by atoms with Gasteiger partial charge in [-0.1, -0.05) is 117 Å². The fourth-order valence-electron chi connectivity index (χ4n) is 2.90. The van der Waals surface area contributed by atoms with Crippen molar-refractivity contribution >= 4 is 32.7 Å². The molecule has 25 heavy (non-hydrogen) atoms. The third-order valence-corrected chi connectivity index (χ3v) is 10.7. The van der Waals surface area contributed by atoms with Crippen LogP contribution in [0.2, 0.25) is 19.6 Å². The highest BCUT2D eigenvalue weighted by Crippen LogP contribution is 2.48. The Bertz CT molecular complexity index is 779. The van der Waals surface area contributed by atoms with Crippen LogP contribution in [0, 0.1) is 0 Å². The molecule has 126 valence electrons. The summed E-state index contributed by atoms with van der Waals surface area (Å²) in [4.78, 5) is 1.63. The largest absolute Gasteiger partial charge is 0.0790 e. The van der Waals surface area contributed by atoms with Gasteiger partial charge < -0.3 is 0 Å². The second kappa shape index (κ2) is 7.95. The van der Waals surface area contributed by atoms with E-state index in [0.717, 1.165) is 0 Å². The highest BCUT2D eigenvalue weighted by atomic mass is 31.1. The lowest BCUT2D eigenvalue weighted by Crippen LogP contribution is -2.28. The SMILES string of the molecule is C[Si](C)(C)/C(=C/c1ccccc1)P(c1ccccc1)c1ccccc1. The molecule has 0 bridgehead atoms. The minimum Gasteiger partial charge on any atom is -0.0656 e. The Balaban J connectivity index is 2.19. The maximum atomic E-state index is 2.46. The second-order valence-corrected chi connectivity index (χ2v) is 14.8. The fraction of sp³-hybridized carbons (Fsp3) is 0.130. The van der Waals surface area contributed by atoms with Gasteiger partial charge in [0.25, 0.3) is 0 Å². The van der Waals surface area contributed by atoms with Crippen LogP contribution in [0.1, 0.15) is 5.56 Å². The first-order chi connectivity index (χ1) is 12.1. The first-order valence-corrected chi connectivity index (χ1v) is 13.6. The summed E-state index contributed by atoms with van der Waals surface area (Å²) in [6.45, 7) is 7.38. The second-order valence-electron chi connectivity index (χ2n) is 7.20. The van der Waals surface area contributed by atoms with E-state index in [1.807, 2.05) is 0 Å². The van der Waals surface area contributed by atoms with Crippen molar-refractivity contribution in [1.29, 1.82) is 0 Å². The van der Waals surface area contributed by atoms with Gasteiger partial charge in [0.15, 0.2) is 0 Å². The molecule has 3 rings (SSSR count). The molecule has 0 aliphatic carbocycles. The number of hydrogen-bond donors (Lipinski definition) is 0. The maximum absolute atomic E-state index is 2.46. The van der Waals surface area contributed by atoms with Crippen molar-refractivity contribution in [1.82, 2.24) is 0 Å². The van der Waals surface area contributed by atoms with Crippen LogP contribution < -0.4 is 10.6 Å².